The second-order valence-corrected chi connectivity index (χ2v) is 5.18. The van der Waals surface area contributed by atoms with E-state index in [0.29, 0.717) is 0 Å². The van der Waals surface area contributed by atoms with Crippen molar-refractivity contribution >= 4 is 22.6 Å². The highest BCUT2D eigenvalue weighted by Gasteiger charge is 2.42. The molecule has 1 fully saturated rings. The standard InChI is InChI=1S/C11H12INO/c1-14-9-5-13-11(12)10-7-3-2-6(7)4-8(9)10/h5-7H,2-4H2,1H3. The van der Waals surface area contributed by atoms with Gasteiger partial charge in [-0.1, -0.05) is 0 Å². The molecule has 2 nitrogen and oxygen atoms in total. The fourth-order valence-electron chi connectivity index (χ4n) is 2.74. The first-order valence-corrected chi connectivity index (χ1v) is 6.10. The molecule has 0 radical (unpaired) electrons. The van der Waals surface area contributed by atoms with Crippen molar-refractivity contribution in [3.8, 4) is 5.75 Å². The monoisotopic (exact) mass is 301 g/mol. The van der Waals surface area contributed by atoms with Gasteiger partial charge in [-0.3, -0.25) is 0 Å². The third kappa shape index (κ3) is 1.05. The molecule has 2 unspecified atom stereocenters. The van der Waals surface area contributed by atoms with Gasteiger partial charge in [0.2, 0.25) is 0 Å². The molecule has 2 aliphatic rings. The van der Waals surface area contributed by atoms with E-state index in [-0.39, 0.29) is 0 Å². The number of rotatable bonds is 1. The van der Waals surface area contributed by atoms with Gasteiger partial charge < -0.3 is 4.74 Å². The number of methoxy groups -OCH3 is 1. The summed E-state index contributed by atoms with van der Waals surface area (Å²) < 4.78 is 6.56. The Bertz CT molecular complexity index is 391. The summed E-state index contributed by atoms with van der Waals surface area (Å²) in [4.78, 5) is 4.40. The molecule has 0 saturated heterocycles. The number of ether oxygens (including phenoxy) is 1. The normalized spacial score (nSPS) is 27.9. The van der Waals surface area contributed by atoms with Gasteiger partial charge in [0.15, 0.2) is 0 Å². The zero-order valence-corrected chi connectivity index (χ0v) is 10.2. The summed E-state index contributed by atoms with van der Waals surface area (Å²) in [5, 5.41) is 0. The molecule has 14 heavy (non-hydrogen) atoms. The molecular weight excluding hydrogens is 289 g/mol. The maximum absolute atomic E-state index is 5.37. The molecular formula is C11H12INO. The number of pyridine rings is 1. The number of halogens is 1. The fraction of sp³-hybridized carbons (Fsp3) is 0.545. The van der Waals surface area contributed by atoms with E-state index in [1.807, 2.05) is 6.20 Å². The number of hydrogen-bond donors (Lipinski definition) is 0. The van der Waals surface area contributed by atoms with Crippen LogP contribution < -0.4 is 4.74 Å². The maximum Gasteiger partial charge on any atom is 0.140 e. The van der Waals surface area contributed by atoms with Crippen LogP contribution in [0.2, 0.25) is 0 Å². The van der Waals surface area contributed by atoms with Crippen LogP contribution in [-0.4, -0.2) is 12.1 Å². The zero-order chi connectivity index (χ0) is 9.71. The van der Waals surface area contributed by atoms with Gasteiger partial charge in [0.05, 0.1) is 13.3 Å². The Morgan fingerprint density at radius 2 is 2.36 bits per heavy atom. The Labute approximate surface area is 97.2 Å². The van der Waals surface area contributed by atoms with Crippen LogP contribution in [0.3, 0.4) is 0 Å². The van der Waals surface area contributed by atoms with Crippen LogP contribution in [0.15, 0.2) is 6.20 Å². The van der Waals surface area contributed by atoms with Gasteiger partial charge in [-0.25, -0.2) is 4.98 Å². The summed E-state index contributed by atoms with van der Waals surface area (Å²) >= 11 is 2.35. The molecule has 2 aliphatic carbocycles. The fourth-order valence-corrected chi connectivity index (χ4v) is 3.60. The number of hydrogen-bond acceptors (Lipinski definition) is 2. The van der Waals surface area contributed by atoms with E-state index in [4.69, 9.17) is 4.74 Å². The highest BCUT2D eigenvalue weighted by atomic mass is 127. The first-order valence-electron chi connectivity index (χ1n) is 5.02. The minimum Gasteiger partial charge on any atom is -0.495 e. The maximum atomic E-state index is 5.37. The SMILES string of the molecule is COc1cnc(I)c2c1CC1CCC21. The van der Waals surface area contributed by atoms with E-state index in [1.165, 1.54) is 34.1 Å². The Morgan fingerprint density at radius 3 is 3.00 bits per heavy atom. The van der Waals surface area contributed by atoms with Crippen molar-refractivity contribution in [1.29, 1.82) is 0 Å². The number of nitrogens with zero attached hydrogens (tertiary/aromatic N) is 1. The van der Waals surface area contributed by atoms with Gasteiger partial charge in [0.25, 0.3) is 0 Å². The lowest BCUT2D eigenvalue weighted by Crippen LogP contribution is -2.19. The van der Waals surface area contributed by atoms with Gasteiger partial charge >= 0.3 is 0 Å². The summed E-state index contributed by atoms with van der Waals surface area (Å²) in [6.07, 6.45) is 5.81. The Balaban J connectivity index is 2.17. The second-order valence-electron chi connectivity index (χ2n) is 4.16. The highest BCUT2D eigenvalue weighted by Crippen LogP contribution is 2.53. The van der Waals surface area contributed by atoms with Crippen LogP contribution in [0.1, 0.15) is 29.9 Å². The Kier molecular flexibility index (Phi) is 1.97. The van der Waals surface area contributed by atoms with Crippen molar-refractivity contribution in [2.75, 3.05) is 7.11 Å². The number of aromatic nitrogens is 1. The molecule has 0 aliphatic heterocycles. The summed E-state index contributed by atoms with van der Waals surface area (Å²) in [6, 6.07) is 0. The summed E-state index contributed by atoms with van der Waals surface area (Å²) in [5.74, 6) is 2.67. The largest absolute Gasteiger partial charge is 0.495 e. The van der Waals surface area contributed by atoms with Gasteiger partial charge in [-0.05, 0) is 59.3 Å². The zero-order valence-electron chi connectivity index (χ0n) is 8.09. The molecule has 1 saturated carbocycles. The molecule has 0 spiro atoms. The molecule has 1 aromatic rings. The summed E-state index contributed by atoms with van der Waals surface area (Å²) in [7, 11) is 1.74. The van der Waals surface area contributed by atoms with Gasteiger partial charge in [-0.15, -0.1) is 0 Å². The van der Waals surface area contributed by atoms with Crippen molar-refractivity contribution in [2.45, 2.75) is 25.2 Å². The van der Waals surface area contributed by atoms with Crippen LogP contribution in [0.25, 0.3) is 0 Å². The molecule has 0 N–H and O–H groups in total. The van der Waals surface area contributed by atoms with E-state index < -0.39 is 0 Å². The van der Waals surface area contributed by atoms with E-state index in [2.05, 4.69) is 27.6 Å². The van der Waals surface area contributed by atoms with Gasteiger partial charge in [-0.2, -0.15) is 0 Å². The first-order chi connectivity index (χ1) is 6.81. The third-order valence-electron chi connectivity index (χ3n) is 3.61. The minimum atomic E-state index is 0.791. The predicted octanol–water partition coefficient (Wildman–Crippen LogP) is 2.74. The Hall–Kier alpha value is -0.320. The second kappa shape index (κ2) is 3.08. The van der Waals surface area contributed by atoms with Gasteiger partial charge in [0, 0.05) is 5.56 Å². The molecule has 1 heterocycles. The minimum absolute atomic E-state index is 0.791. The van der Waals surface area contributed by atoms with E-state index in [0.717, 1.165) is 17.6 Å². The molecule has 1 aromatic heterocycles. The molecule has 74 valence electrons. The molecule has 2 atom stereocenters. The van der Waals surface area contributed by atoms with Crippen LogP contribution in [0.4, 0.5) is 0 Å². The van der Waals surface area contributed by atoms with Crippen molar-refractivity contribution in [3.05, 3.63) is 21.0 Å². The molecule has 3 heteroatoms. The van der Waals surface area contributed by atoms with Gasteiger partial charge in [0.1, 0.15) is 9.45 Å². The van der Waals surface area contributed by atoms with Crippen LogP contribution in [0.5, 0.6) is 5.75 Å². The van der Waals surface area contributed by atoms with Crippen molar-refractivity contribution in [3.63, 3.8) is 0 Å². The average molecular weight is 301 g/mol. The summed E-state index contributed by atoms with van der Waals surface area (Å²) in [6.45, 7) is 0. The smallest absolute Gasteiger partial charge is 0.140 e. The quantitative estimate of drug-likeness (QED) is 0.588. The molecule has 0 bridgehead atoms. The highest BCUT2D eigenvalue weighted by molar-refractivity contribution is 14.1. The average Bonchev–Trinajstić information content (AvgIpc) is 2.41. The molecule has 3 rings (SSSR count). The van der Waals surface area contributed by atoms with Crippen LogP contribution in [-0.2, 0) is 6.42 Å². The van der Waals surface area contributed by atoms with E-state index >= 15 is 0 Å². The summed E-state index contributed by atoms with van der Waals surface area (Å²) in [5.41, 5.74) is 2.92. The van der Waals surface area contributed by atoms with Crippen LogP contribution >= 0.6 is 22.6 Å². The van der Waals surface area contributed by atoms with Crippen molar-refractivity contribution in [2.24, 2.45) is 5.92 Å². The van der Waals surface area contributed by atoms with E-state index in [9.17, 15) is 0 Å². The topological polar surface area (TPSA) is 22.1 Å². The van der Waals surface area contributed by atoms with Crippen molar-refractivity contribution in [1.82, 2.24) is 4.98 Å². The molecule has 0 amide bonds. The lowest BCUT2D eigenvalue weighted by Gasteiger charge is -2.30. The lowest BCUT2D eigenvalue weighted by molar-refractivity contribution is 0.279. The van der Waals surface area contributed by atoms with E-state index in [1.54, 1.807) is 7.11 Å². The third-order valence-corrected chi connectivity index (χ3v) is 4.47. The number of fused-ring (bicyclic) bond motifs is 3. The lowest BCUT2D eigenvalue weighted by atomic mass is 9.75. The Morgan fingerprint density at radius 1 is 1.50 bits per heavy atom. The van der Waals surface area contributed by atoms with Crippen molar-refractivity contribution < 1.29 is 4.74 Å². The predicted molar refractivity (Wildman–Crippen MR) is 62.7 cm³/mol. The first kappa shape index (κ1) is 8.95. The van der Waals surface area contributed by atoms with Crippen LogP contribution in [0, 0.1) is 9.62 Å². The molecule has 0 aromatic carbocycles.